The maximum Gasteiger partial charge on any atom is 0.407 e. The van der Waals surface area contributed by atoms with Gasteiger partial charge in [0.15, 0.2) is 5.65 Å². The van der Waals surface area contributed by atoms with Crippen molar-refractivity contribution in [3.05, 3.63) is 54.5 Å². The standard InChI is InChI=1S/C32H39N9O4/c1-32(2,3)45-31(43)37-23-13-15-40(16-14-23)24-12-9-21(18-34-24)26-27-29(41(19-35-27)25-6-4-5-17-44-25)39-30(38-26)36-22-10-7-20(8-11-22)28(33)42/h7-12,18-19,23,25H,4-6,13-17H2,1-3H3,(H2,33,42)(H,37,43)(H,36,38,39). The van der Waals surface area contributed by atoms with Crippen LogP contribution in [0.2, 0.25) is 0 Å². The second-order valence-electron chi connectivity index (χ2n) is 12.4. The third kappa shape index (κ3) is 7.14. The molecule has 0 bridgehead atoms. The van der Waals surface area contributed by atoms with Gasteiger partial charge in [-0.15, -0.1) is 0 Å². The minimum absolute atomic E-state index is 0.0610. The first-order valence-corrected chi connectivity index (χ1v) is 15.4. The first-order valence-electron chi connectivity index (χ1n) is 15.4. The van der Waals surface area contributed by atoms with Crippen LogP contribution in [0, 0.1) is 0 Å². The predicted molar refractivity (Wildman–Crippen MR) is 170 cm³/mol. The molecule has 13 nitrogen and oxygen atoms in total. The predicted octanol–water partition coefficient (Wildman–Crippen LogP) is 4.92. The first kappa shape index (κ1) is 30.3. The van der Waals surface area contributed by atoms with Crippen molar-refractivity contribution in [2.24, 2.45) is 5.73 Å². The Labute approximate surface area is 261 Å². The summed E-state index contributed by atoms with van der Waals surface area (Å²) in [6.07, 6.45) is 7.62. The number of pyridine rings is 1. The summed E-state index contributed by atoms with van der Waals surface area (Å²) in [7, 11) is 0. The number of rotatable bonds is 7. The van der Waals surface area contributed by atoms with Gasteiger partial charge in [0.2, 0.25) is 11.9 Å². The number of aromatic nitrogens is 5. The molecule has 1 atom stereocenters. The molecule has 0 saturated carbocycles. The summed E-state index contributed by atoms with van der Waals surface area (Å²) in [6, 6.07) is 10.9. The number of fused-ring (bicyclic) bond motifs is 1. The summed E-state index contributed by atoms with van der Waals surface area (Å²) >= 11 is 0. The van der Waals surface area contributed by atoms with Crippen molar-refractivity contribution in [1.82, 2.24) is 29.8 Å². The second-order valence-corrected chi connectivity index (χ2v) is 12.4. The largest absolute Gasteiger partial charge is 0.444 e. The van der Waals surface area contributed by atoms with Crippen LogP contribution in [0.4, 0.5) is 22.2 Å². The molecule has 236 valence electrons. The van der Waals surface area contributed by atoms with E-state index in [2.05, 4.69) is 15.5 Å². The van der Waals surface area contributed by atoms with Gasteiger partial charge in [-0.3, -0.25) is 9.36 Å². The van der Waals surface area contributed by atoms with Crippen LogP contribution < -0.4 is 21.3 Å². The maximum absolute atomic E-state index is 12.2. The van der Waals surface area contributed by atoms with Crippen molar-refractivity contribution < 1.29 is 19.1 Å². The fourth-order valence-electron chi connectivity index (χ4n) is 5.61. The average Bonchev–Trinajstić information content (AvgIpc) is 3.45. The topological polar surface area (TPSA) is 162 Å². The molecule has 6 rings (SSSR count). The summed E-state index contributed by atoms with van der Waals surface area (Å²) in [5, 5.41) is 6.25. The highest BCUT2D eigenvalue weighted by Crippen LogP contribution is 2.32. The Bertz CT molecular complexity index is 1650. The summed E-state index contributed by atoms with van der Waals surface area (Å²) in [6.45, 7) is 7.79. The van der Waals surface area contributed by atoms with Gasteiger partial charge >= 0.3 is 6.09 Å². The second kappa shape index (κ2) is 12.7. The molecule has 2 fully saturated rings. The summed E-state index contributed by atoms with van der Waals surface area (Å²) < 4.78 is 13.4. The molecule has 0 aliphatic carbocycles. The Morgan fingerprint density at radius 1 is 1.00 bits per heavy atom. The summed E-state index contributed by atoms with van der Waals surface area (Å²) in [5.74, 6) is 0.745. The van der Waals surface area contributed by atoms with Crippen molar-refractivity contribution in [2.75, 3.05) is 29.9 Å². The van der Waals surface area contributed by atoms with Crippen molar-refractivity contribution in [3.63, 3.8) is 0 Å². The van der Waals surface area contributed by atoms with Crippen LogP contribution in [0.15, 0.2) is 48.9 Å². The van der Waals surface area contributed by atoms with Crippen LogP contribution in [-0.4, -0.2) is 67.8 Å². The van der Waals surface area contributed by atoms with Crippen molar-refractivity contribution in [2.45, 2.75) is 70.7 Å². The number of carbonyl (C=O) groups is 2. The first-order chi connectivity index (χ1) is 21.6. The molecule has 2 aliphatic heterocycles. The Hall–Kier alpha value is -4.78. The van der Waals surface area contributed by atoms with E-state index in [1.165, 1.54) is 0 Å². The van der Waals surface area contributed by atoms with E-state index in [4.69, 9.17) is 35.1 Å². The molecule has 13 heteroatoms. The molecular formula is C32H39N9O4. The van der Waals surface area contributed by atoms with E-state index >= 15 is 0 Å². The molecular weight excluding hydrogens is 574 g/mol. The van der Waals surface area contributed by atoms with E-state index < -0.39 is 11.5 Å². The van der Waals surface area contributed by atoms with Crippen LogP contribution >= 0.6 is 0 Å². The lowest BCUT2D eigenvalue weighted by Gasteiger charge is -2.33. The Morgan fingerprint density at radius 3 is 2.42 bits per heavy atom. The van der Waals surface area contributed by atoms with Gasteiger partial charge in [-0.1, -0.05) is 0 Å². The van der Waals surface area contributed by atoms with Crippen LogP contribution in [0.3, 0.4) is 0 Å². The number of amides is 2. The zero-order valence-corrected chi connectivity index (χ0v) is 25.8. The highest BCUT2D eigenvalue weighted by Gasteiger charge is 2.25. The molecule has 2 aliphatic rings. The van der Waals surface area contributed by atoms with Crippen molar-refractivity contribution in [3.8, 4) is 11.3 Å². The molecule has 2 saturated heterocycles. The monoisotopic (exact) mass is 613 g/mol. The van der Waals surface area contributed by atoms with E-state index in [0.717, 1.165) is 56.6 Å². The number of anilines is 3. The Kier molecular flexibility index (Phi) is 8.52. The van der Waals surface area contributed by atoms with Gasteiger partial charge < -0.3 is 30.7 Å². The molecule has 45 heavy (non-hydrogen) atoms. The number of benzene rings is 1. The normalized spacial score (nSPS) is 17.7. The van der Waals surface area contributed by atoms with Gasteiger partial charge in [0, 0.05) is 48.7 Å². The Balaban J connectivity index is 1.23. The molecule has 1 unspecified atom stereocenters. The van der Waals surface area contributed by atoms with Crippen LogP contribution in [-0.2, 0) is 9.47 Å². The fraction of sp³-hybridized carbons (Fsp3) is 0.438. The van der Waals surface area contributed by atoms with E-state index in [0.29, 0.717) is 40.7 Å². The number of nitrogens with two attached hydrogens (primary N) is 1. The smallest absolute Gasteiger partial charge is 0.407 e. The Morgan fingerprint density at radius 2 is 1.78 bits per heavy atom. The van der Waals surface area contributed by atoms with Gasteiger partial charge in [0.1, 0.15) is 28.9 Å². The number of carbonyl (C=O) groups excluding carboxylic acids is 2. The number of piperidine rings is 1. The third-order valence-corrected chi connectivity index (χ3v) is 7.87. The number of imidazole rings is 1. The minimum Gasteiger partial charge on any atom is -0.444 e. The lowest BCUT2D eigenvalue weighted by molar-refractivity contribution is -0.0298. The van der Waals surface area contributed by atoms with Gasteiger partial charge in [-0.05, 0) is 89.3 Å². The molecule has 0 spiro atoms. The van der Waals surface area contributed by atoms with E-state index in [1.807, 2.05) is 43.7 Å². The van der Waals surface area contributed by atoms with E-state index in [1.54, 1.807) is 30.6 Å². The van der Waals surface area contributed by atoms with Crippen LogP contribution in [0.1, 0.15) is 69.5 Å². The summed E-state index contributed by atoms with van der Waals surface area (Å²) in [5.41, 5.74) is 8.76. The lowest BCUT2D eigenvalue weighted by atomic mass is 10.1. The molecule has 4 N–H and O–H groups in total. The molecule has 1 aromatic carbocycles. The van der Waals surface area contributed by atoms with Gasteiger partial charge in [-0.25, -0.2) is 19.7 Å². The number of ether oxygens (including phenoxy) is 2. The van der Waals surface area contributed by atoms with E-state index in [9.17, 15) is 9.59 Å². The number of hydrogen-bond donors (Lipinski definition) is 3. The van der Waals surface area contributed by atoms with Crippen LogP contribution in [0.25, 0.3) is 22.4 Å². The van der Waals surface area contributed by atoms with E-state index in [-0.39, 0.29) is 18.4 Å². The number of nitrogens with one attached hydrogen (secondary N) is 2. The minimum atomic E-state index is -0.526. The van der Waals surface area contributed by atoms with Crippen molar-refractivity contribution in [1.29, 1.82) is 0 Å². The van der Waals surface area contributed by atoms with Gasteiger partial charge in [0.05, 0.1) is 6.33 Å². The number of hydrogen-bond acceptors (Lipinski definition) is 10. The van der Waals surface area contributed by atoms with Gasteiger partial charge in [0.25, 0.3) is 0 Å². The zero-order valence-electron chi connectivity index (χ0n) is 25.8. The van der Waals surface area contributed by atoms with Crippen LogP contribution in [0.5, 0.6) is 0 Å². The molecule has 3 aromatic heterocycles. The summed E-state index contributed by atoms with van der Waals surface area (Å²) in [4.78, 5) is 45.1. The number of nitrogens with zero attached hydrogens (tertiary/aromatic N) is 6. The molecule has 2 amide bonds. The van der Waals surface area contributed by atoms with Gasteiger partial charge in [-0.2, -0.15) is 4.98 Å². The number of alkyl carbamates (subject to hydrolysis) is 1. The fourth-order valence-corrected chi connectivity index (χ4v) is 5.61. The number of primary amides is 1. The molecule has 4 aromatic rings. The lowest BCUT2D eigenvalue weighted by Crippen LogP contribution is -2.46. The molecule has 0 radical (unpaired) electrons. The highest BCUT2D eigenvalue weighted by molar-refractivity contribution is 5.93. The SMILES string of the molecule is CC(C)(C)OC(=O)NC1CCN(c2ccc(-c3nc(Nc4ccc(C(N)=O)cc4)nc4c3ncn4C3CCCCO3)cn2)CC1. The quantitative estimate of drug-likeness (QED) is 0.261. The highest BCUT2D eigenvalue weighted by atomic mass is 16.6. The maximum atomic E-state index is 12.2. The van der Waals surface area contributed by atoms with Crippen molar-refractivity contribution >= 4 is 40.6 Å². The zero-order chi connectivity index (χ0) is 31.6. The average molecular weight is 614 g/mol. The molecule has 5 heterocycles. The third-order valence-electron chi connectivity index (χ3n) is 7.87.